The Morgan fingerprint density at radius 1 is 1.00 bits per heavy atom. The van der Waals surface area contributed by atoms with Gasteiger partial charge in [-0.15, -0.1) is 0 Å². The predicted molar refractivity (Wildman–Crippen MR) is 5.75 cm³/mol. The molecule has 0 amide bonds. The summed E-state index contributed by atoms with van der Waals surface area (Å²) in [4.78, 5) is 0. The van der Waals surface area contributed by atoms with Crippen LogP contribution in [-0.2, 0) is 77.1 Å². The molecule has 0 N–H and O–H groups in total. The van der Waals surface area contributed by atoms with Crippen LogP contribution >= 0.6 is 0 Å². The Labute approximate surface area is 84.5 Å². The SMILES string of the molecule is [B].[Cr].[Fe].[Ni].[Zr]. The summed E-state index contributed by atoms with van der Waals surface area (Å²) in [5.41, 5.74) is 0. The first-order valence-electron chi connectivity index (χ1n) is 0. The minimum atomic E-state index is 0. The van der Waals surface area contributed by atoms with Crippen LogP contribution in [-0.4, -0.2) is 8.41 Å². The van der Waals surface area contributed by atoms with Gasteiger partial charge in [-0.2, -0.15) is 0 Å². The van der Waals surface area contributed by atoms with Crippen LogP contribution in [0.25, 0.3) is 0 Å². The van der Waals surface area contributed by atoms with Gasteiger partial charge in [0.05, 0.1) is 0 Å². The molecule has 0 saturated carbocycles. The van der Waals surface area contributed by atoms with E-state index in [-0.39, 0.29) is 85.5 Å². The van der Waals surface area contributed by atoms with Crippen LogP contribution in [0.2, 0.25) is 0 Å². The van der Waals surface area contributed by atoms with Crippen molar-refractivity contribution in [2.75, 3.05) is 0 Å². The summed E-state index contributed by atoms with van der Waals surface area (Å²) in [5.74, 6) is 0. The Bertz CT molecular complexity index is 11.6. The van der Waals surface area contributed by atoms with Gasteiger partial charge < -0.3 is 0 Å². The summed E-state index contributed by atoms with van der Waals surface area (Å²) in [6.45, 7) is 0. The van der Waals surface area contributed by atoms with Gasteiger partial charge >= 0.3 is 0 Å². The molecule has 0 aliphatic carbocycles. The molecular formula is BCrFeNiZr. The van der Waals surface area contributed by atoms with Gasteiger partial charge in [-0.05, 0) is 0 Å². The maximum atomic E-state index is 0. The van der Waals surface area contributed by atoms with E-state index in [2.05, 4.69) is 0 Å². The van der Waals surface area contributed by atoms with Crippen LogP contribution in [0.1, 0.15) is 0 Å². The van der Waals surface area contributed by atoms with Crippen LogP contribution in [0.3, 0.4) is 0 Å². The Morgan fingerprint density at radius 2 is 1.00 bits per heavy atom. The molecule has 3 radical (unpaired) electrons. The Hall–Kier alpha value is 2.49. The molecule has 31 valence electrons. The largest absolute Gasteiger partial charge is 0 e. The van der Waals surface area contributed by atoms with E-state index in [9.17, 15) is 0 Å². The van der Waals surface area contributed by atoms with Crippen molar-refractivity contribution < 1.29 is 77.1 Å². The van der Waals surface area contributed by atoms with E-state index in [0.29, 0.717) is 0 Å². The van der Waals surface area contributed by atoms with Crippen LogP contribution < -0.4 is 0 Å². The van der Waals surface area contributed by atoms with E-state index >= 15 is 0 Å². The molecule has 0 atom stereocenters. The molecule has 0 heterocycles. The third-order valence-corrected chi connectivity index (χ3v) is 0. The molecule has 0 fully saturated rings. The topological polar surface area (TPSA) is 0 Å². The second-order valence-electron chi connectivity index (χ2n) is 0. The zero-order valence-corrected chi connectivity index (χ0v) is 7.98. The predicted octanol–water partition coefficient (Wildman–Crippen LogP) is -0.391. The monoisotopic (exact) mass is 267 g/mol. The molecule has 0 saturated heterocycles. The summed E-state index contributed by atoms with van der Waals surface area (Å²) < 4.78 is 0. The van der Waals surface area contributed by atoms with E-state index in [1.807, 2.05) is 0 Å². The number of rotatable bonds is 0. The van der Waals surface area contributed by atoms with Crippen molar-refractivity contribution in [2.45, 2.75) is 0 Å². The first-order valence-corrected chi connectivity index (χ1v) is 0. The van der Waals surface area contributed by atoms with Crippen molar-refractivity contribution in [2.24, 2.45) is 0 Å². The first kappa shape index (κ1) is 50.8. The molecule has 0 nitrogen and oxygen atoms in total. The molecule has 0 aromatic rings. The molecule has 0 unspecified atom stereocenters. The number of hydrogen-bond acceptors (Lipinski definition) is 0. The average Bonchev–Trinajstić information content (AvgIpc) is 0. The number of hydrogen-bond donors (Lipinski definition) is 0. The molecule has 5 heavy (non-hydrogen) atoms. The van der Waals surface area contributed by atoms with Crippen molar-refractivity contribution in [1.82, 2.24) is 0 Å². The van der Waals surface area contributed by atoms with Crippen molar-refractivity contribution >= 4 is 8.41 Å². The zero-order valence-electron chi connectivity index (χ0n) is 2.16. The van der Waals surface area contributed by atoms with Crippen LogP contribution in [0.4, 0.5) is 0 Å². The Balaban J connectivity index is 0. The maximum Gasteiger partial charge on any atom is 0 e. The van der Waals surface area contributed by atoms with E-state index < -0.39 is 0 Å². The van der Waals surface area contributed by atoms with Gasteiger partial charge in [-0.1, -0.05) is 0 Å². The van der Waals surface area contributed by atoms with Crippen molar-refractivity contribution in [3.63, 3.8) is 0 Å². The molecule has 0 bridgehead atoms. The molecule has 0 aromatic carbocycles. The third-order valence-electron chi connectivity index (χ3n) is 0. The second kappa shape index (κ2) is 31.5. The summed E-state index contributed by atoms with van der Waals surface area (Å²) >= 11 is 0. The van der Waals surface area contributed by atoms with Gasteiger partial charge in [0.25, 0.3) is 0 Å². The average molecular weight is 269 g/mol. The quantitative estimate of drug-likeness (QED) is 0.525. The van der Waals surface area contributed by atoms with Crippen molar-refractivity contribution in [3.05, 3.63) is 0 Å². The molecule has 5 heteroatoms. The van der Waals surface area contributed by atoms with Crippen molar-refractivity contribution in [3.8, 4) is 0 Å². The van der Waals surface area contributed by atoms with E-state index in [1.165, 1.54) is 0 Å². The zero-order chi connectivity index (χ0) is 0. The third kappa shape index (κ3) is 21.1. The first-order chi connectivity index (χ1) is 0. The molecule has 0 aliphatic rings. The van der Waals surface area contributed by atoms with Crippen LogP contribution in [0.15, 0.2) is 0 Å². The normalized spacial score (nSPS) is 0. The van der Waals surface area contributed by atoms with Gasteiger partial charge in [-0.3, -0.25) is 0 Å². The fraction of sp³-hybridized carbons (Fsp3) is 0. The standard InChI is InChI=1S/B.Cr.Fe.Ni.Zr. The van der Waals surface area contributed by atoms with Gasteiger partial charge in [0, 0.05) is 85.5 Å². The Kier molecular flexibility index (Phi) is 320. The van der Waals surface area contributed by atoms with E-state index in [0.717, 1.165) is 0 Å². The van der Waals surface area contributed by atoms with Crippen LogP contribution in [0, 0.1) is 0 Å². The minimum absolute atomic E-state index is 0. The minimum Gasteiger partial charge on any atom is 0 e. The van der Waals surface area contributed by atoms with E-state index in [1.54, 1.807) is 0 Å². The van der Waals surface area contributed by atoms with Gasteiger partial charge in [-0.25, -0.2) is 0 Å². The summed E-state index contributed by atoms with van der Waals surface area (Å²) in [5, 5.41) is 0. The fourth-order valence-electron chi connectivity index (χ4n) is 0. The molecule has 0 rings (SSSR count). The van der Waals surface area contributed by atoms with Crippen molar-refractivity contribution in [1.29, 1.82) is 0 Å². The molecule has 0 aromatic heterocycles. The molecular weight excluding hydrogens is 269 g/mol. The fourth-order valence-corrected chi connectivity index (χ4v) is 0. The second-order valence-corrected chi connectivity index (χ2v) is 0. The van der Waals surface area contributed by atoms with Gasteiger partial charge in [0.2, 0.25) is 0 Å². The maximum absolute atomic E-state index is 0. The smallest absolute Gasteiger partial charge is 0 e. The Morgan fingerprint density at radius 3 is 1.00 bits per heavy atom. The summed E-state index contributed by atoms with van der Waals surface area (Å²) in [6, 6.07) is 0. The van der Waals surface area contributed by atoms with E-state index in [4.69, 9.17) is 0 Å². The summed E-state index contributed by atoms with van der Waals surface area (Å²) in [6.07, 6.45) is 0. The summed E-state index contributed by atoms with van der Waals surface area (Å²) in [7, 11) is 0. The van der Waals surface area contributed by atoms with Gasteiger partial charge in [0.1, 0.15) is 0 Å². The van der Waals surface area contributed by atoms with Gasteiger partial charge in [0.15, 0.2) is 0 Å². The molecule has 0 spiro atoms. The molecule has 0 aliphatic heterocycles. The van der Waals surface area contributed by atoms with Crippen LogP contribution in [0.5, 0.6) is 0 Å².